The van der Waals surface area contributed by atoms with Gasteiger partial charge in [-0.15, -0.1) is 0 Å². The summed E-state index contributed by atoms with van der Waals surface area (Å²) < 4.78 is 38.0. The Labute approximate surface area is 88.1 Å². The fourth-order valence-corrected chi connectivity index (χ4v) is 1.54. The summed E-state index contributed by atoms with van der Waals surface area (Å²) >= 11 is 0. The van der Waals surface area contributed by atoms with E-state index in [1.165, 1.54) is 6.07 Å². The van der Waals surface area contributed by atoms with Gasteiger partial charge < -0.3 is 0 Å². The summed E-state index contributed by atoms with van der Waals surface area (Å²) in [7, 11) is 0. The Morgan fingerprint density at radius 1 is 1.20 bits per heavy atom. The van der Waals surface area contributed by atoms with Gasteiger partial charge in [-0.2, -0.15) is 13.2 Å². The van der Waals surface area contributed by atoms with Crippen LogP contribution >= 0.6 is 0 Å². The first-order valence-electron chi connectivity index (χ1n) is 5.12. The van der Waals surface area contributed by atoms with Crippen LogP contribution in [0.5, 0.6) is 0 Å². The molecule has 1 aromatic carbocycles. The number of unbranched alkanes of at least 4 members (excludes halogenated alkanes) is 1. The molecule has 0 aliphatic heterocycles. The molecule has 3 heteroatoms. The second-order valence-corrected chi connectivity index (χ2v) is 3.76. The largest absolute Gasteiger partial charge is 0.416 e. The average Bonchev–Trinajstić information content (AvgIpc) is 2.14. The molecule has 0 N–H and O–H groups in total. The molecular formula is C12H15F3. The van der Waals surface area contributed by atoms with Gasteiger partial charge in [-0.05, 0) is 31.4 Å². The molecule has 15 heavy (non-hydrogen) atoms. The first kappa shape index (κ1) is 12.1. The molecule has 84 valence electrons. The molecule has 0 saturated carbocycles. The molecule has 1 rings (SSSR count). The second-order valence-electron chi connectivity index (χ2n) is 3.76. The zero-order valence-electron chi connectivity index (χ0n) is 8.99. The van der Waals surface area contributed by atoms with Crippen molar-refractivity contribution < 1.29 is 13.2 Å². The minimum atomic E-state index is -4.23. The fourth-order valence-electron chi connectivity index (χ4n) is 1.54. The third kappa shape index (κ3) is 3.26. The van der Waals surface area contributed by atoms with Gasteiger partial charge >= 0.3 is 6.18 Å². The number of benzene rings is 1. The molecule has 0 aromatic heterocycles. The number of hydrogen-bond donors (Lipinski definition) is 0. The van der Waals surface area contributed by atoms with Crippen molar-refractivity contribution in [3.05, 3.63) is 34.9 Å². The third-order valence-corrected chi connectivity index (χ3v) is 2.37. The maximum atomic E-state index is 12.7. The smallest absolute Gasteiger partial charge is 0.166 e. The van der Waals surface area contributed by atoms with Gasteiger partial charge in [0.05, 0.1) is 5.56 Å². The van der Waals surface area contributed by atoms with Gasteiger partial charge in [0.25, 0.3) is 0 Å². The molecule has 0 radical (unpaired) electrons. The summed E-state index contributed by atoms with van der Waals surface area (Å²) in [5.74, 6) is 0. The molecule has 0 nitrogen and oxygen atoms in total. The van der Waals surface area contributed by atoms with Crippen molar-refractivity contribution in [2.24, 2.45) is 0 Å². The van der Waals surface area contributed by atoms with Crippen LogP contribution in [-0.4, -0.2) is 0 Å². The van der Waals surface area contributed by atoms with Gasteiger partial charge in [0.2, 0.25) is 0 Å². The molecule has 0 atom stereocenters. The molecule has 0 saturated heterocycles. The normalized spacial score (nSPS) is 11.8. The van der Waals surface area contributed by atoms with Crippen molar-refractivity contribution in [1.29, 1.82) is 0 Å². The molecule has 0 bridgehead atoms. The lowest BCUT2D eigenvalue weighted by Gasteiger charge is -2.13. The van der Waals surface area contributed by atoms with Gasteiger partial charge in [-0.3, -0.25) is 0 Å². The van der Waals surface area contributed by atoms with Crippen LogP contribution in [0.1, 0.15) is 36.5 Å². The number of aryl methyl sites for hydroxylation is 2. The number of halogens is 3. The van der Waals surface area contributed by atoms with E-state index in [9.17, 15) is 13.2 Å². The first-order chi connectivity index (χ1) is 6.95. The van der Waals surface area contributed by atoms with E-state index in [1.807, 2.05) is 6.92 Å². The standard InChI is InChI=1S/C12H15F3/c1-3-4-5-10-7-6-9(2)8-11(10)12(13,14)15/h6-8H,3-5H2,1-2H3. The summed E-state index contributed by atoms with van der Waals surface area (Å²) in [6, 6.07) is 4.55. The van der Waals surface area contributed by atoms with Crippen molar-refractivity contribution in [3.8, 4) is 0 Å². The molecule has 0 aliphatic carbocycles. The van der Waals surface area contributed by atoms with E-state index >= 15 is 0 Å². The Kier molecular flexibility index (Phi) is 3.77. The summed E-state index contributed by atoms with van der Waals surface area (Å²) in [6.07, 6.45) is -2.02. The van der Waals surface area contributed by atoms with E-state index in [0.717, 1.165) is 12.8 Å². The van der Waals surface area contributed by atoms with Gasteiger partial charge in [-0.1, -0.05) is 31.0 Å². The summed E-state index contributed by atoms with van der Waals surface area (Å²) in [5, 5.41) is 0. The zero-order valence-corrected chi connectivity index (χ0v) is 8.99. The van der Waals surface area contributed by atoms with E-state index in [1.54, 1.807) is 19.1 Å². The van der Waals surface area contributed by atoms with Crippen LogP contribution in [0.15, 0.2) is 18.2 Å². The molecule has 0 unspecified atom stereocenters. The molecule has 0 heterocycles. The minimum absolute atomic E-state index is 0.412. The van der Waals surface area contributed by atoms with Gasteiger partial charge in [0.15, 0.2) is 0 Å². The topological polar surface area (TPSA) is 0 Å². The van der Waals surface area contributed by atoms with Crippen molar-refractivity contribution in [2.45, 2.75) is 39.3 Å². The van der Waals surface area contributed by atoms with E-state index in [-0.39, 0.29) is 0 Å². The Balaban J connectivity index is 3.04. The van der Waals surface area contributed by atoms with Crippen molar-refractivity contribution in [3.63, 3.8) is 0 Å². The number of rotatable bonds is 3. The molecule has 0 amide bonds. The molecular weight excluding hydrogens is 201 g/mol. The maximum absolute atomic E-state index is 12.7. The van der Waals surface area contributed by atoms with Crippen molar-refractivity contribution in [1.82, 2.24) is 0 Å². The van der Waals surface area contributed by atoms with Crippen LogP contribution < -0.4 is 0 Å². The van der Waals surface area contributed by atoms with Crippen LogP contribution in [0.25, 0.3) is 0 Å². The lowest BCUT2D eigenvalue weighted by molar-refractivity contribution is -0.138. The highest BCUT2D eigenvalue weighted by Gasteiger charge is 2.32. The molecule has 0 spiro atoms. The van der Waals surface area contributed by atoms with Crippen LogP contribution in [0.2, 0.25) is 0 Å². The SMILES string of the molecule is CCCCc1ccc(C)cc1C(F)(F)F. The Morgan fingerprint density at radius 3 is 2.40 bits per heavy atom. The monoisotopic (exact) mass is 216 g/mol. The zero-order chi connectivity index (χ0) is 11.5. The van der Waals surface area contributed by atoms with Crippen LogP contribution in [0.4, 0.5) is 13.2 Å². The Hall–Kier alpha value is -0.990. The van der Waals surface area contributed by atoms with Crippen LogP contribution in [-0.2, 0) is 12.6 Å². The van der Waals surface area contributed by atoms with E-state index in [2.05, 4.69) is 0 Å². The molecule has 0 aliphatic rings. The maximum Gasteiger partial charge on any atom is 0.416 e. The fraction of sp³-hybridized carbons (Fsp3) is 0.500. The first-order valence-corrected chi connectivity index (χ1v) is 5.12. The minimum Gasteiger partial charge on any atom is -0.166 e. The molecule has 1 aromatic rings. The number of hydrogen-bond acceptors (Lipinski definition) is 0. The van der Waals surface area contributed by atoms with E-state index in [4.69, 9.17) is 0 Å². The van der Waals surface area contributed by atoms with Crippen LogP contribution in [0.3, 0.4) is 0 Å². The summed E-state index contributed by atoms with van der Waals surface area (Å²) in [6.45, 7) is 3.65. The number of alkyl halides is 3. The van der Waals surface area contributed by atoms with Crippen LogP contribution in [0, 0.1) is 6.92 Å². The Morgan fingerprint density at radius 2 is 1.87 bits per heavy atom. The van der Waals surface area contributed by atoms with E-state index in [0.29, 0.717) is 17.5 Å². The summed E-state index contributed by atoms with van der Waals surface area (Å²) in [5.41, 5.74) is 0.591. The van der Waals surface area contributed by atoms with Gasteiger partial charge in [0.1, 0.15) is 0 Å². The predicted octanol–water partition coefficient (Wildman–Crippen LogP) is 4.36. The van der Waals surface area contributed by atoms with E-state index < -0.39 is 11.7 Å². The van der Waals surface area contributed by atoms with Crippen molar-refractivity contribution in [2.75, 3.05) is 0 Å². The quantitative estimate of drug-likeness (QED) is 0.704. The average molecular weight is 216 g/mol. The second kappa shape index (κ2) is 4.69. The Bertz CT molecular complexity index is 326. The highest BCUT2D eigenvalue weighted by atomic mass is 19.4. The lowest BCUT2D eigenvalue weighted by Crippen LogP contribution is -2.09. The molecule has 0 fully saturated rings. The van der Waals surface area contributed by atoms with Gasteiger partial charge in [-0.25, -0.2) is 0 Å². The van der Waals surface area contributed by atoms with Gasteiger partial charge in [0, 0.05) is 0 Å². The third-order valence-electron chi connectivity index (χ3n) is 2.37. The lowest BCUT2D eigenvalue weighted by atomic mass is 9.99. The highest BCUT2D eigenvalue weighted by Crippen LogP contribution is 2.33. The predicted molar refractivity (Wildman–Crippen MR) is 54.8 cm³/mol. The van der Waals surface area contributed by atoms with Crippen molar-refractivity contribution >= 4 is 0 Å². The highest BCUT2D eigenvalue weighted by molar-refractivity contribution is 5.33. The summed E-state index contributed by atoms with van der Waals surface area (Å²) in [4.78, 5) is 0.